The van der Waals surface area contributed by atoms with Gasteiger partial charge in [-0.2, -0.15) is 0 Å². The third-order valence-electron chi connectivity index (χ3n) is 13.8. The summed E-state index contributed by atoms with van der Waals surface area (Å²) >= 11 is 0. The largest absolute Gasteiger partial charge is 0.469 e. The lowest BCUT2D eigenvalue weighted by atomic mass is 9.67. The lowest BCUT2D eigenvalue weighted by molar-refractivity contribution is -0.144. The van der Waals surface area contributed by atoms with E-state index in [0.29, 0.717) is 50.7 Å². The number of carbonyl (C=O) groups excluding carboxylic acids is 8. The highest BCUT2D eigenvalue weighted by atomic mass is 16.5. The highest BCUT2D eigenvalue weighted by Crippen LogP contribution is 2.54. The van der Waals surface area contributed by atoms with Crippen LogP contribution >= 0.6 is 0 Å². The zero-order valence-corrected chi connectivity index (χ0v) is 42.2. The fourth-order valence-electron chi connectivity index (χ4n) is 9.83. The summed E-state index contributed by atoms with van der Waals surface area (Å²) in [5, 5.41) is 0. The van der Waals surface area contributed by atoms with Crippen LogP contribution in [0.1, 0.15) is 97.8 Å². The van der Waals surface area contributed by atoms with Gasteiger partial charge in [-0.05, 0) is 78.7 Å². The predicted molar refractivity (Wildman–Crippen MR) is 255 cm³/mol. The number of carbonyl (C=O) groups is 8. The van der Waals surface area contributed by atoms with Gasteiger partial charge < -0.3 is 37.9 Å². The molecule has 20 nitrogen and oxygen atoms in total. The molecule has 0 saturated carbocycles. The number of fused-ring (bicyclic) bond motifs is 4. The smallest absolute Gasteiger partial charge is 0.310 e. The lowest BCUT2D eigenvalue weighted by Crippen LogP contribution is -2.34. The van der Waals surface area contributed by atoms with E-state index < -0.39 is 70.4 Å². The first-order valence-corrected chi connectivity index (χ1v) is 23.0. The van der Waals surface area contributed by atoms with E-state index in [1.165, 1.54) is 56.9 Å². The van der Waals surface area contributed by atoms with Gasteiger partial charge in [0.1, 0.15) is 0 Å². The standard InChI is InChI=1S/C51H62N4O16/c1-27-48-31(21-45(61)69-9)29(13-17-41(57)65-5)35(54-48)22-34-28(12-16-40(56)64-4)30(20-44(60)68-8)36(52-34)23-37-32(14-18-42(58)66-6)50(2,25-46(62)70-10)39(53-37)24-38-33(15-19-43(59)67-7)51(3,49(27)55-38)26-47(63)71-11/h22-24,32-33H,12-21,25-26H2,1-11H3/t32-,33+,50+,51+/m1/s1. The average Bonchev–Trinajstić information content (AvgIpc) is 4.02. The Morgan fingerprint density at radius 3 is 1.42 bits per heavy atom. The number of ether oxygens (including phenoxy) is 8. The Bertz CT molecular complexity index is 2590. The number of aliphatic imine (C=N–C) groups is 4. The van der Waals surface area contributed by atoms with Crippen molar-refractivity contribution in [1.82, 2.24) is 0 Å². The topological polar surface area (TPSA) is 260 Å². The van der Waals surface area contributed by atoms with E-state index in [9.17, 15) is 38.4 Å². The average molecular weight is 987 g/mol. The molecule has 0 aromatic carbocycles. The second kappa shape index (κ2) is 23.7. The number of esters is 8. The molecule has 5 aliphatic heterocycles. The van der Waals surface area contributed by atoms with Crippen LogP contribution in [0.2, 0.25) is 0 Å². The molecule has 4 atom stereocenters. The van der Waals surface area contributed by atoms with Gasteiger partial charge in [0.05, 0.1) is 111 Å². The first-order chi connectivity index (χ1) is 33.7. The van der Waals surface area contributed by atoms with E-state index in [0.717, 1.165) is 0 Å². The van der Waals surface area contributed by atoms with Gasteiger partial charge in [0.15, 0.2) is 0 Å². The molecule has 5 aliphatic rings. The van der Waals surface area contributed by atoms with Gasteiger partial charge in [0.25, 0.3) is 0 Å². The van der Waals surface area contributed by atoms with Crippen molar-refractivity contribution in [2.24, 2.45) is 42.6 Å². The Morgan fingerprint density at radius 1 is 0.465 bits per heavy atom. The zero-order chi connectivity index (χ0) is 52.4. The highest BCUT2D eigenvalue weighted by Gasteiger charge is 2.52. The zero-order valence-electron chi connectivity index (χ0n) is 42.2. The van der Waals surface area contributed by atoms with Gasteiger partial charge >= 0.3 is 47.8 Å². The minimum absolute atomic E-state index is 0.0197. The molecule has 382 valence electrons. The van der Waals surface area contributed by atoms with Crippen molar-refractivity contribution in [3.05, 3.63) is 68.9 Å². The molecule has 20 heteroatoms. The minimum Gasteiger partial charge on any atom is -0.469 e. The molecule has 0 spiro atoms. The normalized spacial score (nSPS) is 22.3. The molecule has 0 fully saturated rings. The molecule has 8 bridgehead atoms. The molecular formula is C51H62N4O16. The Morgan fingerprint density at radius 2 is 0.901 bits per heavy atom. The van der Waals surface area contributed by atoms with Gasteiger partial charge in [-0.15, -0.1) is 0 Å². The van der Waals surface area contributed by atoms with Crippen molar-refractivity contribution in [2.75, 3.05) is 56.9 Å². The van der Waals surface area contributed by atoms with Crippen LogP contribution in [-0.2, 0) is 76.3 Å². The van der Waals surface area contributed by atoms with E-state index >= 15 is 0 Å². The molecule has 0 unspecified atom stereocenters. The molecule has 0 radical (unpaired) electrons. The quantitative estimate of drug-likeness (QED) is 0.105. The Labute approximate surface area is 412 Å². The van der Waals surface area contributed by atoms with Gasteiger partial charge in [0.2, 0.25) is 0 Å². The SMILES string of the molecule is COC(=O)CCC1=C(CC(=O)OC)C2=NC1=CC1=NC(=CC3=NC(=CC4=NC(=C2C)[C@@](C)(CC(=O)OC)[C@H]4CCC(=O)OC)[C@@](C)(CC(=O)OC)[C@@H]3CCC(=O)OC)C(CC(=O)OC)=C1CCC(=O)OC. The summed E-state index contributed by atoms with van der Waals surface area (Å²) in [5.74, 6) is -6.03. The van der Waals surface area contributed by atoms with Crippen molar-refractivity contribution in [2.45, 2.75) is 97.8 Å². The van der Waals surface area contributed by atoms with Crippen molar-refractivity contribution in [3.8, 4) is 0 Å². The summed E-state index contributed by atoms with van der Waals surface area (Å²) in [6.45, 7) is 5.36. The highest BCUT2D eigenvalue weighted by molar-refractivity contribution is 6.20. The summed E-state index contributed by atoms with van der Waals surface area (Å²) in [7, 11) is 10.0. The summed E-state index contributed by atoms with van der Waals surface area (Å²) < 4.78 is 41.0. The van der Waals surface area contributed by atoms with Crippen molar-refractivity contribution in [1.29, 1.82) is 0 Å². The Kier molecular flexibility index (Phi) is 18.3. The van der Waals surface area contributed by atoms with Crippen molar-refractivity contribution >= 4 is 70.6 Å². The van der Waals surface area contributed by atoms with Crippen LogP contribution in [0.4, 0.5) is 0 Å². The summed E-state index contributed by atoms with van der Waals surface area (Å²) in [6, 6.07) is 0. The molecule has 0 saturated heterocycles. The van der Waals surface area contributed by atoms with Gasteiger partial charge in [-0.1, -0.05) is 13.8 Å². The second-order valence-electron chi connectivity index (χ2n) is 17.8. The van der Waals surface area contributed by atoms with E-state index in [2.05, 4.69) is 0 Å². The molecule has 0 aromatic heterocycles. The molecular weight excluding hydrogens is 925 g/mol. The summed E-state index contributed by atoms with van der Waals surface area (Å²) in [4.78, 5) is 126. The molecule has 0 aliphatic carbocycles. The fourth-order valence-corrected chi connectivity index (χ4v) is 9.83. The predicted octanol–water partition coefficient (Wildman–Crippen LogP) is 5.65. The van der Waals surface area contributed by atoms with Crippen LogP contribution in [0.5, 0.6) is 0 Å². The van der Waals surface area contributed by atoms with Crippen molar-refractivity contribution in [3.63, 3.8) is 0 Å². The maximum absolute atomic E-state index is 13.6. The lowest BCUT2D eigenvalue weighted by Gasteiger charge is -2.34. The maximum atomic E-state index is 13.6. The third-order valence-corrected chi connectivity index (χ3v) is 13.8. The number of rotatable bonds is 20. The van der Waals surface area contributed by atoms with E-state index in [1.807, 2.05) is 13.8 Å². The van der Waals surface area contributed by atoms with E-state index in [4.69, 9.17) is 57.9 Å². The van der Waals surface area contributed by atoms with E-state index in [-0.39, 0.29) is 99.9 Å². The fraction of sp³-hybridized carbons (Fsp3) is 0.529. The molecule has 5 rings (SSSR count). The van der Waals surface area contributed by atoms with Crippen LogP contribution in [0.15, 0.2) is 88.9 Å². The second-order valence-corrected chi connectivity index (χ2v) is 17.8. The van der Waals surface area contributed by atoms with Crippen LogP contribution in [0.25, 0.3) is 0 Å². The first-order valence-electron chi connectivity index (χ1n) is 23.0. The Hall–Kier alpha value is -7.12. The summed E-state index contributed by atoms with van der Waals surface area (Å²) in [5.41, 5.74) is 2.07. The maximum Gasteiger partial charge on any atom is 0.310 e. The van der Waals surface area contributed by atoms with Gasteiger partial charge in [-0.3, -0.25) is 48.3 Å². The molecule has 0 amide bonds. The molecule has 0 N–H and O–H groups in total. The molecule has 5 heterocycles. The number of hydrogen-bond acceptors (Lipinski definition) is 20. The number of hydrogen-bond donors (Lipinski definition) is 0. The number of methoxy groups -OCH3 is 8. The molecule has 0 aromatic rings. The molecule has 71 heavy (non-hydrogen) atoms. The monoisotopic (exact) mass is 986 g/mol. The number of nitrogens with zero attached hydrogens (tertiary/aromatic N) is 4. The van der Waals surface area contributed by atoms with Crippen LogP contribution in [0, 0.1) is 22.7 Å². The van der Waals surface area contributed by atoms with Crippen LogP contribution in [0.3, 0.4) is 0 Å². The van der Waals surface area contributed by atoms with Crippen LogP contribution < -0.4 is 0 Å². The first kappa shape index (κ1) is 54.8. The van der Waals surface area contributed by atoms with Gasteiger partial charge in [0, 0.05) is 65.5 Å². The van der Waals surface area contributed by atoms with Crippen LogP contribution in [-0.4, -0.2) is 127 Å². The summed E-state index contributed by atoms with van der Waals surface area (Å²) in [6.07, 6.45) is 3.72. The van der Waals surface area contributed by atoms with E-state index in [1.54, 1.807) is 25.2 Å². The minimum atomic E-state index is -1.24. The number of allylic oxidation sites excluding steroid dienone is 9. The van der Waals surface area contributed by atoms with Gasteiger partial charge in [-0.25, -0.2) is 9.98 Å². The van der Waals surface area contributed by atoms with Crippen molar-refractivity contribution < 1.29 is 76.3 Å². The Balaban J connectivity index is 2.03. The third kappa shape index (κ3) is 12.1.